The predicted molar refractivity (Wildman–Crippen MR) is 109 cm³/mol. The zero-order chi connectivity index (χ0) is 17.2. The fourth-order valence-electron chi connectivity index (χ4n) is 1.95. The lowest BCUT2D eigenvalue weighted by molar-refractivity contribution is 0.195. The average Bonchev–Trinajstić information content (AvgIpc) is 3.06. The molecule has 138 valence electrons. The predicted octanol–water partition coefficient (Wildman–Crippen LogP) is 3.10. The normalized spacial score (nSPS) is 11.1. The summed E-state index contributed by atoms with van der Waals surface area (Å²) in [5.74, 6) is 1.68. The van der Waals surface area contributed by atoms with E-state index in [9.17, 15) is 0 Å². The number of nitrogens with one attached hydrogen (secondary N) is 2. The van der Waals surface area contributed by atoms with Gasteiger partial charge in [-0.2, -0.15) is 4.98 Å². The highest BCUT2D eigenvalue weighted by atomic mass is 127. The molecule has 2 rings (SSSR count). The summed E-state index contributed by atoms with van der Waals surface area (Å²) in [7, 11) is 1.69. The highest BCUT2D eigenvalue weighted by molar-refractivity contribution is 14.0. The van der Waals surface area contributed by atoms with Crippen LogP contribution in [-0.2, 0) is 11.3 Å². The summed E-state index contributed by atoms with van der Waals surface area (Å²) in [5.41, 5.74) is 0.850. The number of ether oxygens (including phenoxy) is 1. The van der Waals surface area contributed by atoms with Crippen molar-refractivity contribution in [2.75, 3.05) is 26.8 Å². The van der Waals surface area contributed by atoms with E-state index in [0.29, 0.717) is 35.8 Å². The van der Waals surface area contributed by atoms with Crippen LogP contribution in [-0.4, -0.2) is 42.9 Å². The molecule has 0 fully saturated rings. The molecule has 0 amide bonds. The third-order valence-electron chi connectivity index (χ3n) is 3.10. The Balaban J connectivity index is 0.00000312. The molecule has 0 saturated heterocycles. The first-order valence-corrected chi connectivity index (χ1v) is 8.20. The van der Waals surface area contributed by atoms with E-state index in [1.54, 1.807) is 19.2 Å². The maximum Gasteiger partial charge on any atom is 0.248 e. The van der Waals surface area contributed by atoms with Crippen molar-refractivity contribution >= 4 is 41.5 Å². The number of rotatable bonds is 8. The summed E-state index contributed by atoms with van der Waals surface area (Å²) in [6.07, 6.45) is 0.905. The molecule has 2 aromatic rings. The van der Waals surface area contributed by atoms with Gasteiger partial charge >= 0.3 is 0 Å². The number of hydrogen-bond acceptors (Lipinski definition) is 5. The Morgan fingerprint density at radius 1 is 1.28 bits per heavy atom. The van der Waals surface area contributed by atoms with E-state index >= 15 is 0 Å². The number of guanidine groups is 1. The number of benzene rings is 1. The monoisotopic (exact) mass is 479 g/mol. The molecule has 9 heteroatoms. The third kappa shape index (κ3) is 7.57. The topological polar surface area (TPSA) is 84.6 Å². The molecule has 7 nitrogen and oxygen atoms in total. The molecule has 1 aromatic heterocycles. The van der Waals surface area contributed by atoms with Crippen LogP contribution in [0.5, 0.6) is 0 Å². The van der Waals surface area contributed by atoms with Crippen LogP contribution in [0.2, 0.25) is 5.02 Å². The number of methoxy groups -OCH3 is 1. The highest BCUT2D eigenvalue weighted by Gasteiger charge is 2.08. The molecule has 0 radical (unpaired) electrons. The summed E-state index contributed by atoms with van der Waals surface area (Å²) < 4.78 is 10.3. The molecule has 1 heterocycles. The van der Waals surface area contributed by atoms with Crippen molar-refractivity contribution in [3.05, 3.63) is 35.2 Å². The van der Waals surface area contributed by atoms with Crippen molar-refractivity contribution in [2.24, 2.45) is 4.99 Å². The Morgan fingerprint density at radius 2 is 2.04 bits per heavy atom. The smallest absolute Gasteiger partial charge is 0.248 e. The van der Waals surface area contributed by atoms with Crippen molar-refractivity contribution in [1.29, 1.82) is 0 Å². The molecular formula is C16H23ClIN5O2. The van der Waals surface area contributed by atoms with Crippen LogP contribution in [0.4, 0.5) is 0 Å². The van der Waals surface area contributed by atoms with Gasteiger partial charge in [-0.1, -0.05) is 16.8 Å². The average molecular weight is 480 g/mol. The molecule has 0 aliphatic heterocycles. The molecule has 0 spiro atoms. The van der Waals surface area contributed by atoms with E-state index in [1.165, 1.54) is 0 Å². The Hall–Kier alpha value is -1.39. The molecule has 0 aliphatic rings. The fraction of sp³-hybridized carbons (Fsp3) is 0.438. The number of nitrogens with zero attached hydrogens (tertiary/aromatic N) is 3. The van der Waals surface area contributed by atoms with Gasteiger partial charge in [-0.3, -0.25) is 0 Å². The van der Waals surface area contributed by atoms with Gasteiger partial charge in [0.15, 0.2) is 5.96 Å². The molecule has 1 aromatic carbocycles. The first-order valence-electron chi connectivity index (χ1n) is 7.82. The van der Waals surface area contributed by atoms with Crippen molar-refractivity contribution in [3.63, 3.8) is 0 Å². The number of hydrogen-bond donors (Lipinski definition) is 2. The van der Waals surface area contributed by atoms with Crippen LogP contribution in [0.3, 0.4) is 0 Å². The second-order valence-electron chi connectivity index (χ2n) is 4.99. The quantitative estimate of drug-likeness (QED) is 0.262. The number of halogens is 2. The van der Waals surface area contributed by atoms with Gasteiger partial charge in [-0.05, 0) is 37.6 Å². The van der Waals surface area contributed by atoms with Gasteiger partial charge in [-0.25, -0.2) is 4.99 Å². The largest absolute Gasteiger partial charge is 0.385 e. The summed E-state index contributed by atoms with van der Waals surface area (Å²) >= 11 is 5.88. The van der Waals surface area contributed by atoms with Gasteiger partial charge in [0.1, 0.15) is 6.54 Å². The Morgan fingerprint density at radius 3 is 2.72 bits per heavy atom. The Kier molecular flexibility index (Phi) is 10.4. The van der Waals surface area contributed by atoms with Crippen LogP contribution in [0, 0.1) is 0 Å². The van der Waals surface area contributed by atoms with Gasteiger partial charge in [0, 0.05) is 37.4 Å². The lowest BCUT2D eigenvalue weighted by Gasteiger charge is -2.10. The molecule has 0 bridgehead atoms. The minimum absolute atomic E-state index is 0. The van der Waals surface area contributed by atoms with Gasteiger partial charge in [0.05, 0.1) is 0 Å². The zero-order valence-electron chi connectivity index (χ0n) is 14.3. The molecule has 2 N–H and O–H groups in total. The number of aromatic nitrogens is 2. The van der Waals surface area contributed by atoms with Gasteiger partial charge < -0.3 is 19.9 Å². The molecule has 0 aliphatic carbocycles. The van der Waals surface area contributed by atoms with E-state index < -0.39 is 0 Å². The molecule has 0 unspecified atom stereocenters. The van der Waals surface area contributed by atoms with Gasteiger partial charge in [-0.15, -0.1) is 24.0 Å². The summed E-state index contributed by atoms with van der Waals surface area (Å²) in [4.78, 5) is 8.79. The third-order valence-corrected chi connectivity index (χ3v) is 3.36. The Labute approximate surface area is 169 Å². The molecule has 0 saturated carbocycles. The van der Waals surface area contributed by atoms with E-state index in [2.05, 4.69) is 25.8 Å². The molecule has 25 heavy (non-hydrogen) atoms. The van der Waals surface area contributed by atoms with Crippen LogP contribution in [0.25, 0.3) is 11.4 Å². The lowest BCUT2D eigenvalue weighted by atomic mass is 10.2. The van der Waals surface area contributed by atoms with Crippen LogP contribution < -0.4 is 10.6 Å². The molecule has 0 atom stereocenters. The summed E-state index contributed by atoms with van der Waals surface area (Å²) in [5, 5.41) is 11.0. The fourth-order valence-corrected chi connectivity index (χ4v) is 2.07. The SMILES string of the molecule is CCNC(=NCc1nc(-c2ccc(Cl)cc2)no1)NCCCOC.I. The van der Waals surface area contributed by atoms with Crippen LogP contribution in [0.15, 0.2) is 33.8 Å². The maximum atomic E-state index is 5.88. The first kappa shape index (κ1) is 21.7. The summed E-state index contributed by atoms with van der Waals surface area (Å²) in [6.45, 7) is 4.58. The zero-order valence-corrected chi connectivity index (χ0v) is 17.4. The van der Waals surface area contributed by atoms with Crippen molar-refractivity contribution in [1.82, 2.24) is 20.8 Å². The van der Waals surface area contributed by atoms with Crippen LogP contribution in [0.1, 0.15) is 19.2 Å². The minimum Gasteiger partial charge on any atom is -0.385 e. The second kappa shape index (κ2) is 12.0. The van der Waals surface area contributed by atoms with E-state index in [1.807, 2.05) is 19.1 Å². The van der Waals surface area contributed by atoms with Gasteiger partial charge in [0.25, 0.3) is 0 Å². The van der Waals surface area contributed by atoms with Crippen LogP contribution >= 0.6 is 35.6 Å². The van der Waals surface area contributed by atoms with Gasteiger partial charge in [0.2, 0.25) is 11.7 Å². The second-order valence-corrected chi connectivity index (χ2v) is 5.42. The molecular weight excluding hydrogens is 457 g/mol. The lowest BCUT2D eigenvalue weighted by Crippen LogP contribution is -2.38. The highest BCUT2D eigenvalue weighted by Crippen LogP contribution is 2.18. The number of aliphatic imine (C=N–C) groups is 1. The van der Waals surface area contributed by atoms with E-state index in [0.717, 1.165) is 25.1 Å². The van der Waals surface area contributed by atoms with E-state index in [-0.39, 0.29) is 24.0 Å². The first-order chi connectivity index (χ1) is 11.7. The van der Waals surface area contributed by atoms with Crippen molar-refractivity contribution < 1.29 is 9.26 Å². The maximum absolute atomic E-state index is 5.88. The minimum atomic E-state index is 0. The van der Waals surface area contributed by atoms with Crippen molar-refractivity contribution in [3.8, 4) is 11.4 Å². The Bertz CT molecular complexity index is 648. The van der Waals surface area contributed by atoms with Crippen molar-refractivity contribution in [2.45, 2.75) is 19.9 Å². The standard InChI is InChI=1S/C16H22ClN5O2.HI/c1-3-18-16(19-9-4-10-23-2)20-11-14-21-15(22-24-14)12-5-7-13(17)8-6-12;/h5-8H,3-4,9-11H2,1-2H3,(H2,18,19,20);1H. The van der Waals surface area contributed by atoms with E-state index in [4.69, 9.17) is 20.9 Å². The summed E-state index contributed by atoms with van der Waals surface area (Å²) in [6, 6.07) is 7.28.